The number of aliphatic hydroxyl groups is 1. The second kappa shape index (κ2) is 5.97. The van der Waals surface area contributed by atoms with Crippen LogP contribution in [-0.2, 0) is 9.53 Å². The number of carboxylic acids is 1. The number of hydrogen-bond acceptors (Lipinski definition) is 3. The van der Waals surface area contributed by atoms with Crippen molar-refractivity contribution in [2.75, 3.05) is 13.2 Å². The van der Waals surface area contributed by atoms with Crippen LogP contribution >= 0.6 is 0 Å². The lowest BCUT2D eigenvalue weighted by Gasteiger charge is -2.14. The molecule has 0 heterocycles. The summed E-state index contributed by atoms with van der Waals surface area (Å²) in [4.78, 5) is 10.5. The second-order valence-corrected chi connectivity index (χ2v) is 3.05. The van der Waals surface area contributed by atoms with Crippen molar-refractivity contribution in [2.24, 2.45) is 5.92 Å². The Morgan fingerprint density at radius 1 is 1.50 bits per heavy atom. The molecule has 0 aliphatic carbocycles. The van der Waals surface area contributed by atoms with Gasteiger partial charge in [-0.15, -0.1) is 0 Å². The molecule has 0 saturated carbocycles. The highest BCUT2D eigenvalue weighted by Gasteiger charge is 2.18. The quantitative estimate of drug-likeness (QED) is 0.618. The summed E-state index contributed by atoms with van der Waals surface area (Å²) >= 11 is 0. The van der Waals surface area contributed by atoms with E-state index >= 15 is 0 Å². The van der Waals surface area contributed by atoms with E-state index in [1.807, 2.05) is 13.8 Å². The minimum absolute atomic E-state index is 0.0870. The maximum Gasteiger partial charge on any atom is 0.332 e. The van der Waals surface area contributed by atoms with Crippen molar-refractivity contribution in [3.63, 3.8) is 0 Å². The highest BCUT2D eigenvalue weighted by atomic mass is 16.5. The summed E-state index contributed by atoms with van der Waals surface area (Å²) in [5.74, 6) is -0.679. The summed E-state index contributed by atoms with van der Waals surface area (Å²) < 4.78 is 4.91. The standard InChI is InChI=1S/C8H16O4/c1-6(2)5-7(8(10)11)12-4-3-9/h6-7,9H,3-5H2,1-2H3,(H,10,11). The molecule has 4 heteroatoms. The lowest BCUT2D eigenvalue weighted by molar-refractivity contribution is -0.152. The van der Waals surface area contributed by atoms with Gasteiger partial charge < -0.3 is 14.9 Å². The summed E-state index contributed by atoms with van der Waals surface area (Å²) in [5.41, 5.74) is 0. The molecule has 12 heavy (non-hydrogen) atoms. The van der Waals surface area contributed by atoms with Crippen molar-refractivity contribution in [1.82, 2.24) is 0 Å². The summed E-state index contributed by atoms with van der Waals surface area (Å²) in [6, 6.07) is 0. The normalized spacial score (nSPS) is 13.3. The molecular formula is C8H16O4. The lowest BCUT2D eigenvalue weighted by atomic mass is 10.1. The number of hydrogen-bond donors (Lipinski definition) is 2. The number of aliphatic carboxylic acids is 1. The molecule has 0 aromatic rings. The van der Waals surface area contributed by atoms with Gasteiger partial charge in [0.05, 0.1) is 13.2 Å². The van der Waals surface area contributed by atoms with Crippen molar-refractivity contribution < 1.29 is 19.7 Å². The highest BCUT2D eigenvalue weighted by Crippen LogP contribution is 2.08. The Balaban J connectivity index is 3.78. The first kappa shape index (κ1) is 11.4. The molecular weight excluding hydrogens is 160 g/mol. The topological polar surface area (TPSA) is 66.8 Å². The van der Waals surface area contributed by atoms with Crippen LogP contribution in [0.2, 0.25) is 0 Å². The van der Waals surface area contributed by atoms with Gasteiger partial charge in [-0.25, -0.2) is 4.79 Å². The van der Waals surface area contributed by atoms with Crippen LogP contribution < -0.4 is 0 Å². The molecule has 0 aliphatic heterocycles. The summed E-state index contributed by atoms with van der Waals surface area (Å²) in [6.07, 6.45) is -0.299. The van der Waals surface area contributed by atoms with Crippen LogP contribution in [0.25, 0.3) is 0 Å². The second-order valence-electron chi connectivity index (χ2n) is 3.05. The highest BCUT2D eigenvalue weighted by molar-refractivity contribution is 5.72. The van der Waals surface area contributed by atoms with Gasteiger partial charge in [0.15, 0.2) is 6.10 Å². The molecule has 0 saturated heterocycles. The van der Waals surface area contributed by atoms with Crippen LogP contribution in [0.3, 0.4) is 0 Å². The zero-order valence-electron chi connectivity index (χ0n) is 7.49. The van der Waals surface area contributed by atoms with Crippen molar-refractivity contribution in [1.29, 1.82) is 0 Å². The lowest BCUT2D eigenvalue weighted by Crippen LogP contribution is -2.26. The maximum absolute atomic E-state index is 10.5. The van der Waals surface area contributed by atoms with Gasteiger partial charge in [0.25, 0.3) is 0 Å². The molecule has 0 bridgehead atoms. The third-order valence-electron chi connectivity index (χ3n) is 1.37. The summed E-state index contributed by atoms with van der Waals surface area (Å²) in [5, 5.41) is 17.1. The van der Waals surface area contributed by atoms with E-state index in [1.165, 1.54) is 0 Å². The van der Waals surface area contributed by atoms with Crippen molar-refractivity contribution in [3.05, 3.63) is 0 Å². The van der Waals surface area contributed by atoms with Crippen LogP contribution in [0, 0.1) is 5.92 Å². The Labute approximate surface area is 72.2 Å². The van der Waals surface area contributed by atoms with E-state index in [-0.39, 0.29) is 19.1 Å². The number of carboxylic acid groups (broad SMARTS) is 1. The van der Waals surface area contributed by atoms with Crippen LogP contribution in [0.5, 0.6) is 0 Å². The first-order chi connectivity index (χ1) is 5.57. The van der Waals surface area contributed by atoms with Crippen LogP contribution in [-0.4, -0.2) is 35.5 Å². The predicted octanol–water partition coefficient (Wildman–Crippen LogP) is 0.495. The Morgan fingerprint density at radius 3 is 2.42 bits per heavy atom. The van der Waals surface area contributed by atoms with Crippen LogP contribution in [0.4, 0.5) is 0 Å². The zero-order chi connectivity index (χ0) is 9.56. The molecule has 2 N–H and O–H groups in total. The Bertz CT molecular complexity index is 133. The molecule has 0 aromatic carbocycles. The maximum atomic E-state index is 10.5. The van der Waals surface area contributed by atoms with E-state index in [4.69, 9.17) is 14.9 Å². The van der Waals surface area contributed by atoms with E-state index in [2.05, 4.69) is 0 Å². The molecule has 4 nitrogen and oxygen atoms in total. The van der Waals surface area contributed by atoms with Crippen molar-refractivity contribution in [2.45, 2.75) is 26.4 Å². The molecule has 0 aromatic heterocycles. The fourth-order valence-corrected chi connectivity index (χ4v) is 0.863. The fourth-order valence-electron chi connectivity index (χ4n) is 0.863. The largest absolute Gasteiger partial charge is 0.479 e. The van der Waals surface area contributed by atoms with Gasteiger partial charge in [-0.3, -0.25) is 0 Å². The predicted molar refractivity (Wildman–Crippen MR) is 43.9 cm³/mol. The van der Waals surface area contributed by atoms with Crippen molar-refractivity contribution in [3.8, 4) is 0 Å². The minimum atomic E-state index is -0.961. The van der Waals surface area contributed by atoms with E-state index in [9.17, 15) is 4.79 Å². The molecule has 0 spiro atoms. The third-order valence-corrected chi connectivity index (χ3v) is 1.37. The van der Waals surface area contributed by atoms with Gasteiger partial charge in [0, 0.05) is 0 Å². The summed E-state index contributed by atoms with van der Waals surface area (Å²) in [7, 11) is 0. The molecule has 0 fully saturated rings. The number of carbonyl (C=O) groups is 1. The molecule has 0 radical (unpaired) electrons. The number of ether oxygens (including phenoxy) is 1. The minimum Gasteiger partial charge on any atom is -0.479 e. The van der Waals surface area contributed by atoms with Gasteiger partial charge in [-0.2, -0.15) is 0 Å². The fraction of sp³-hybridized carbons (Fsp3) is 0.875. The molecule has 0 amide bonds. The first-order valence-electron chi connectivity index (χ1n) is 4.03. The van der Waals surface area contributed by atoms with E-state index in [0.717, 1.165) is 0 Å². The SMILES string of the molecule is CC(C)CC(OCCO)C(=O)O. The van der Waals surface area contributed by atoms with E-state index in [0.29, 0.717) is 6.42 Å². The molecule has 72 valence electrons. The van der Waals surface area contributed by atoms with E-state index < -0.39 is 12.1 Å². The van der Waals surface area contributed by atoms with E-state index in [1.54, 1.807) is 0 Å². The van der Waals surface area contributed by atoms with Crippen LogP contribution in [0.1, 0.15) is 20.3 Å². The monoisotopic (exact) mass is 176 g/mol. The molecule has 1 unspecified atom stereocenters. The summed E-state index contributed by atoms with van der Waals surface area (Å²) in [6.45, 7) is 3.81. The Morgan fingerprint density at radius 2 is 2.08 bits per heavy atom. The van der Waals surface area contributed by atoms with Crippen LogP contribution in [0.15, 0.2) is 0 Å². The molecule has 1 atom stereocenters. The zero-order valence-corrected chi connectivity index (χ0v) is 7.49. The average Bonchev–Trinajstić information content (AvgIpc) is 1.96. The van der Waals surface area contributed by atoms with Gasteiger partial charge >= 0.3 is 5.97 Å². The smallest absolute Gasteiger partial charge is 0.332 e. The first-order valence-corrected chi connectivity index (χ1v) is 4.03. The van der Waals surface area contributed by atoms with Crippen molar-refractivity contribution >= 4 is 5.97 Å². The number of aliphatic hydroxyl groups excluding tert-OH is 1. The van der Waals surface area contributed by atoms with Gasteiger partial charge in [0.1, 0.15) is 0 Å². The molecule has 0 aliphatic rings. The third kappa shape index (κ3) is 5.09. The van der Waals surface area contributed by atoms with Gasteiger partial charge in [-0.05, 0) is 12.3 Å². The molecule has 0 rings (SSSR count). The number of rotatable bonds is 6. The van der Waals surface area contributed by atoms with Gasteiger partial charge in [0.2, 0.25) is 0 Å². The Hall–Kier alpha value is -0.610. The van der Waals surface area contributed by atoms with Gasteiger partial charge in [-0.1, -0.05) is 13.8 Å². The Kier molecular flexibility index (Phi) is 5.66. The average molecular weight is 176 g/mol.